The monoisotopic (exact) mass is 618 g/mol. The first-order valence-electron chi connectivity index (χ1n) is 15.8. The van der Waals surface area contributed by atoms with Crippen molar-refractivity contribution in [3.63, 3.8) is 0 Å². The highest BCUT2D eigenvalue weighted by atomic mass is 16.3. The van der Waals surface area contributed by atoms with Gasteiger partial charge < -0.3 is 30.6 Å². The molecule has 1 aliphatic rings. The molecule has 0 spiro atoms. The standard InChI is InChI=1S/C36H50N4O5/c1-7-16-31(41)34(43)30(24-27-19-14-11-15-20-27)37-36(45)33(28(8-2)9-3)38-35(44)29(23-26-17-12-10-13-18-26)25-32(42)40(6)22-21-39(4)5/h1-3,10,12-13,17-18,27-31,33-34,41,43H,11,14-16,19-25H2,4-6H3,(H,37,45)(H,38,44)/t29-,30+,31+,33+,34-/m1/s1. The third kappa shape index (κ3) is 12.6. The number of benzene rings is 1. The van der Waals surface area contributed by atoms with Gasteiger partial charge >= 0.3 is 0 Å². The summed E-state index contributed by atoms with van der Waals surface area (Å²) < 4.78 is 0. The number of likely N-dealkylation sites (N-methyl/N-ethyl adjacent to an activating group) is 2. The van der Waals surface area contributed by atoms with E-state index in [-0.39, 0.29) is 31.1 Å². The molecule has 2 rings (SSSR count). The Morgan fingerprint density at radius 2 is 1.58 bits per heavy atom. The van der Waals surface area contributed by atoms with Crippen molar-refractivity contribution in [1.29, 1.82) is 0 Å². The molecule has 45 heavy (non-hydrogen) atoms. The van der Waals surface area contributed by atoms with Gasteiger partial charge in [0.15, 0.2) is 0 Å². The minimum atomic E-state index is -1.34. The fourth-order valence-electron chi connectivity index (χ4n) is 5.66. The van der Waals surface area contributed by atoms with Crippen molar-refractivity contribution in [2.24, 2.45) is 17.8 Å². The van der Waals surface area contributed by atoms with Crippen LogP contribution in [0, 0.1) is 54.8 Å². The molecule has 4 N–H and O–H groups in total. The SMILES string of the molecule is C#CC[C@H](O)[C@H](O)[C@H](CC1CCCCC1)NC(=O)[C@@H](NC(=O)[C@@H](CC(=O)N(C)CCN(C)C)Cc1ccccc1)C(C#C)C#C. The second-order valence-electron chi connectivity index (χ2n) is 12.3. The lowest BCUT2D eigenvalue weighted by atomic mass is 9.82. The highest BCUT2D eigenvalue weighted by Crippen LogP contribution is 2.29. The smallest absolute Gasteiger partial charge is 0.245 e. The highest BCUT2D eigenvalue weighted by molar-refractivity contribution is 5.91. The van der Waals surface area contributed by atoms with Crippen LogP contribution in [-0.2, 0) is 20.8 Å². The predicted octanol–water partition coefficient (Wildman–Crippen LogP) is 1.82. The highest BCUT2D eigenvalue weighted by Gasteiger charge is 2.36. The molecule has 9 heteroatoms. The molecule has 0 radical (unpaired) electrons. The van der Waals surface area contributed by atoms with Crippen molar-refractivity contribution >= 4 is 17.7 Å². The van der Waals surface area contributed by atoms with Crippen LogP contribution in [0.25, 0.3) is 0 Å². The van der Waals surface area contributed by atoms with E-state index in [1.807, 2.05) is 49.3 Å². The van der Waals surface area contributed by atoms with Gasteiger partial charge in [-0.2, -0.15) is 0 Å². The molecule has 3 amide bonds. The quantitative estimate of drug-likeness (QED) is 0.198. The van der Waals surface area contributed by atoms with Crippen LogP contribution in [-0.4, -0.2) is 96.3 Å². The zero-order valence-electron chi connectivity index (χ0n) is 27.0. The fourth-order valence-corrected chi connectivity index (χ4v) is 5.66. The lowest BCUT2D eigenvalue weighted by Crippen LogP contribution is -2.57. The minimum Gasteiger partial charge on any atom is -0.389 e. The van der Waals surface area contributed by atoms with Gasteiger partial charge in [0.05, 0.1) is 18.1 Å². The van der Waals surface area contributed by atoms with E-state index in [1.54, 1.807) is 11.9 Å². The average Bonchev–Trinajstić information content (AvgIpc) is 3.03. The van der Waals surface area contributed by atoms with Gasteiger partial charge in [0, 0.05) is 33.0 Å². The van der Waals surface area contributed by atoms with Gasteiger partial charge in [-0.25, -0.2) is 0 Å². The molecular formula is C36H50N4O5. The van der Waals surface area contributed by atoms with Gasteiger partial charge in [-0.05, 0) is 38.4 Å². The summed E-state index contributed by atoms with van der Waals surface area (Å²) in [4.78, 5) is 44.4. The van der Waals surface area contributed by atoms with Gasteiger partial charge in [0.1, 0.15) is 18.1 Å². The molecule has 0 unspecified atom stereocenters. The zero-order valence-corrected chi connectivity index (χ0v) is 27.0. The maximum Gasteiger partial charge on any atom is 0.245 e. The molecule has 1 saturated carbocycles. The minimum absolute atomic E-state index is 0.0862. The number of amides is 3. The summed E-state index contributed by atoms with van der Waals surface area (Å²) in [6.45, 7) is 1.15. The van der Waals surface area contributed by atoms with Crippen LogP contribution in [0.1, 0.15) is 56.9 Å². The van der Waals surface area contributed by atoms with Crippen molar-refractivity contribution in [2.45, 2.75) is 82.1 Å². The first-order chi connectivity index (χ1) is 21.5. The molecule has 0 aromatic heterocycles. The van der Waals surface area contributed by atoms with E-state index in [0.29, 0.717) is 19.5 Å². The Kier molecular flexibility index (Phi) is 16.2. The summed E-state index contributed by atoms with van der Waals surface area (Å²) in [7, 11) is 5.52. The Balaban J connectivity index is 2.32. The van der Waals surface area contributed by atoms with E-state index in [0.717, 1.165) is 37.7 Å². The fraction of sp³-hybridized carbons (Fsp3) is 0.583. The van der Waals surface area contributed by atoms with E-state index in [1.165, 1.54) is 0 Å². The molecule has 1 aromatic carbocycles. The number of aliphatic hydroxyl groups is 2. The Bertz CT molecular complexity index is 1190. The molecule has 1 fully saturated rings. The van der Waals surface area contributed by atoms with Crippen LogP contribution in [0.2, 0.25) is 0 Å². The number of hydrogen-bond donors (Lipinski definition) is 4. The van der Waals surface area contributed by atoms with Gasteiger partial charge in [-0.1, -0.05) is 74.3 Å². The molecule has 1 aliphatic carbocycles. The van der Waals surface area contributed by atoms with E-state index in [9.17, 15) is 24.6 Å². The van der Waals surface area contributed by atoms with Crippen molar-refractivity contribution in [3.8, 4) is 37.0 Å². The number of rotatable bonds is 17. The normalized spacial score (nSPS) is 16.7. The summed E-state index contributed by atoms with van der Waals surface area (Å²) in [6.07, 6.45) is 19.8. The van der Waals surface area contributed by atoms with Crippen LogP contribution in [0.4, 0.5) is 0 Å². The van der Waals surface area contributed by atoms with Crippen LogP contribution < -0.4 is 10.6 Å². The number of carbonyl (C=O) groups excluding carboxylic acids is 3. The largest absolute Gasteiger partial charge is 0.389 e. The van der Waals surface area contributed by atoms with Crippen molar-refractivity contribution in [3.05, 3.63) is 35.9 Å². The Morgan fingerprint density at radius 3 is 2.16 bits per heavy atom. The second kappa shape index (κ2) is 19.6. The molecule has 0 saturated heterocycles. The molecule has 244 valence electrons. The number of nitrogens with one attached hydrogen (secondary N) is 2. The molecular weight excluding hydrogens is 568 g/mol. The van der Waals surface area contributed by atoms with E-state index in [4.69, 9.17) is 19.3 Å². The third-order valence-corrected chi connectivity index (χ3v) is 8.47. The first kappa shape index (κ1) is 37.4. The van der Waals surface area contributed by atoms with Crippen molar-refractivity contribution in [2.75, 3.05) is 34.2 Å². The van der Waals surface area contributed by atoms with Crippen LogP contribution >= 0.6 is 0 Å². The van der Waals surface area contributed by atoms with Gasteiger partial charge in [-0.3, -0.25) is 14.4 Å². The van der Waals surface area contributed by atoms with Gasteiger partial charge in [-0.15, -0.1) is 25.2 Å². The molecule has 0 bridgehead atoms. The summed E-state index contributed by atoms with van der Waals surface area (Å²) in [5, 5.41) is 27.1. The molecule has 9 nitrogen and oxygen atoms in total. The second-order valence-corrected chi connectivity index (χ2v) is 12.3. The van der Waals surface area contributed by atoms with Gasteiger partial charge in [0.2, 0.25) is 17.7 Å². The van der Waals surface area contributed by atoms with Crippen molar-refractivity contribution in [1.82, 2.24) is 20.4 Å². The average molecular weight is 619 g/mol. The van der Waals surface area contributed by atoms with Crippen LogP contribution in [0.15, 0.2) is 30.3 Å². The number of hydrogen-bond acceptors (Lipinski definition) is 6. The Morgan fingerprint density at radius 1 is 0.933 bits per heavy atom. The van der Waals surface area contributed by atoms with Crippen LogP contribution in [0.5, 0.6) is 0 Å². The molecule has 1 aromatic rings. The van der Waals surface area contributed by atoms with E-state index >= 15 is 0 Å². The third-order valence-electron chi connectivity index (χ3n) is 8.47. The Labute approximate surface area is 269 Å². The van der Waals surface area contributed by atoms with Crippen molar-refractivity contribution < 1.29 is 24.6 Å². The maximum absolute atomic E-state index is 13.8. The predicted molar refractivity (Wildman–Crippen MR) is 176 cm³/mol. The number of carbonyl (C=O) groups is 3. The number of aliphatic hydroxyl groups excluding tert-OH is 2. The maximum atomic E-state index is 13.8. The van der Waals surface area contributed by atoms with E-state index < -0.39 is 47.9 Å². The Hall–Kier alpha value is -3.81. The molecule has 5 atom stereocenters. The van der Waals surface area contributed by atoms with E-state index in [2.05, 4.69) is 28.4 Å². The number of nitrogens with zero attached hydrogens (tertiary/aromatic N) is 2. The first-order valence-corrected chi connectivity index (χ1v) is 15.8. The summed E-state index contributed by atoms with van der Waals surface area (Å²) in [5.74, 6) is 4.07. The summed E-state index contributed by atoms with van der Waals surface area (Å²) in [5.41, 5.74) is 0.853. The lowest BCUT2D eigenvalue weighted by molar-refractivity contribution is -0.137. The molecule has 0 heterocycles. The summed E-state index contributed by atoms with van der Waals surface area (Å²) >= 11 is 0. The number of terminal acetylenes is 3. The van der Waals surface area contributed by atoms with Crippen LogP contribution in [0.3, 0.4) is 0 Å². The summed E-state index contributed by atoms with van der Waals surface area (Å²) in [6, 6.07) is 7.13. The molecule has 0 aliphatic heterocycles. The zero-order chi connectivity index (χ0) is 33.4. The lowest BCUT2D eigenvalue weighted by Gasteiger charge is -2.33. The topological polar surface area (TPSA) is 122 Å². The van der Waals surface area contributed by atoms with Gasteiger partial charge in [0.25, 0.3) is 0 Å².